The number of benzene rings is 1. The van der Waals surface area contributed by atoms with Gasteiger partial charge in [0.25, 0.3) is 0 Å². The van der Waals surface area contributed by atoms with Crippen LogP contribution in [0.1, 0.15) is 24.2 Å². The van der Waals surface area contributed by atoms with E-state index in [0.717, 1.165) is 54.0 Å². The number of fused-ring (bicyclic) bond motifs is 1. The van der Waals surface area contributed by atoms with Crippen LogP contribution in [0, 0.1) is 5.82 Å². The molecule has 1 atom stereocenters. The van der Waals surface area contributed by atoms with Crippen molar-refractivity contribution >= 4 is 40.8 Å². The van der Waals surface area contributed by atoms with Crippen molar-refractivity contribution in [3.8, 4) is 0 Å². The van der Waals surface area contributed by atoms with E-state index in [0.29, 0.717) is 13.2 Å². The summed E-state index contributed by atoms with van der Waals surface area (Å²) in [7, 11) is 1.91. The van der Waals surface area contributed by atoms with Crippen LogP contribution < -0.4 is 5.32 Å². The quantitative estimate of drug-likeness (QED) is 0.305. The molecule has 162 valence electrons. The number of aromatic nitrogens is 3. The molecule has 3 heterocycles. The maximum Gasteiger partial charge on any atom is 0.194 e. The number of guanidine groups is 1. The highest BCUT2D eigenvalue weighted by atomic mass is 127. The Morgan fingerprint density at radius 1 is 1.43 bits per heavy atom. The lowest BCUT2D eigenvalue weighted by molar-refractivity contribution is -0.00803. The van der Waals surface area contributed by atoms with E-state index in [9.17, 15) is 4.39 Å². The Hall–Kier alpha value is -2.14. The molecule has 1 unspecified atom stereocenters. The third-order valence-corrected chi connectivity index (χ3v) is 5.17. The Morgan fingerprint density at radius 3 is 3.07 bits per heavy atom. The lowest BCUT2D eigenvalue weighted by Gasteiger charge is -2.34. The number of aromatic amines is 1. The van der Waals surface area contributed by atoms with Gasteiger partial charge in [0.1, 0.15) is 11.9 Å². The van der Waals surface area contributed by atoms with Crippen LogP contribution in [0.5, 0.6) is 0 Å². The number of aliphatic imine (C=N–C) groups is 1. The molecule has 0 bridgehead atoms. The molecular weight excluding hydrogens is 498 g/mol. The highest BCUT2D eigenvalue weighted by Crippen LogP contribution is 2.22. The number of nitrogens with zero attached hydrogens (tertiary/aromatic N) is 4. The summed E-state index contributed by atoms with van der Waals surface area (Å²) in [5.41, 5.74) is 3.05. The molecule has 1 saturated heterocycles. The van der Waals surface area contributed by atoms with Crippen LogP contribution in [0.4, 0.5) is 4.39 Å². The van der Waals surface area contributed by atoms with Gasteiger partial charge in [-0.2, -0.15) is 5.10 Å². The van der Waals surface area contributed by atoms with Gasteiger partial charge in [0.2, 0.25) is 0 Å². The zero-order valence-corrected chi connectivity index (χ0v) is 19.6. The zero-order valence-electron chi connectivity index (χ0n) is 17.3. The standard InChI is InChI=1S/C21H27FN6O.HI/c1-3-23-21(28-8-9-29-20(14-28)16-12-26-27(2)13-16)24-7-6-15-11-25-19-10-17(22)4-5-18(15)19;/h4-5,10-13,20,25H,3,6-9,14H2,1-2H3,(H,23,24);1H. The minimum Gasteiger partial charge on any atom is -0.370 e. The SMILES string of the molecule is CCNC(=NCCc1c[nH]c2cc(F)ccc12)N1CCOC(c2cnn(C)c2)C1.I. The first-order valence-corrected chi connectivity index (χ1v) is 10.0. The molecule has 0 radical (unpaired) electrons. The fraction of sp³-hybridized carbons (Fsp3) is 0.429. The van der Waals surface area contributed by atoms with E-state index in [1.165, 1.54) is 12.1 Å². The molecule has 4 rings (SSSR count). The van der Waals surface area contributed by atoms with Crippen LogP contribution in [0.2, 0.25) is 0 Å². The molecule has 2 aromatic heterocycles. The molecule has 0 aliphatic carbocycles. The number of morpholine rings is 1. The van der Waals surface area contributed by atoms with Crippen molar-refractivity contribution in [2.24, 2.45) is 12.0 Å². The summed E-state index contributed by atoms with van der Waals surface area (Å²) in [6.45, 7) is 5.72. The van der Waals surface area contributed by atoms with Crippen LogP contribution in [0.3, 0.4) is 0 Å². The fourth-order valence-corrected chi connectivity index (χ4v) is 3.72. The van der Waals surface area contributed by atoms with Gasteiger partial charge < -0.3 is 19.9 Å². The Bertz CT molecular complexity index is 1000. The molecule has 1 fully saturated rings. The first-order valence-electron chi connectivity index (χ1n) is 10.0. The van der Waals surface area contributed by atoms with Crippen molar-refractivity contribution < 1.29 is 9.13 Å². The van der Waals surface area contributed by atoms with Crippen LogP contribution in [-0.2, 0) is 18.2 Å². The van der Waals surface area contributed by atoms with Crippen molar-refractivity contribution in [1.82, 2.24) is 25.0 Å². The molecular formula is C21H28FIN6O. The van der Waals surface area contributed by atoms with Crippen molar-refractivity contribution in [3.05, 3.63) is 53.7 Å². The maximum atomic E-state index is 13.4. The summed E-state index contributed by atoms with van der Waals surface area (Å²) in [6.07, 6.45) is 6.58. The van der Waals surface area contributed by atoms with Crippen LogP contribution in [-0.4, -0.2) is 58.4 Å². The summed E-state index contributed by atoms with van der Waals surface area (Å²) in [5.74, 6) is 0.671. The highest BCUT2D eigenvalue weighted by molar-refractivity contribution is 14.0. The van der Waals surface area contributed by atoms with Crippen molar-refractivity contribution in [1.29, 1.82) is 0 Å². The van der Waals surface area contributed by atoms with Crippen LogP contribution in [0.15, 0.2) is 41.8 Å². The van der Waals surface area contributed by atoms with E-state index in [1.807, 2.05) is 31.7 Å². The van der Waals surface area contributed by atoms with Crippen molar-refractivity contribution in [2.45, 2.75) is 19.4 Å². The van der Waals surface area contributed by atoms with E-state index in [2.05, 4.69) is 27.2 Å². The van der Waals surface area contributed by atoms with Gasteiger partial charge in [-0.1, -0.05) is 0 Å². The predicted molar refractivity (Wildman–Crippen MR) is 127 cm³/mol. The molecule has 30 heavy (non-hydrogen) atoms. The summed E-state index contributed by atoms with van der Waals surface area (Å²) < 4.78 is 21.1. The number of hydrogen-bond donors (Lipinski definition) is 2. The van der Waals surface area contributed by atoms with Crippen molar-refractivity contribution in [2.75, 3.05) is 32.8 Å². The molecule has 1 aliphatic heterocycles. The molecule has 7 nitrogen and oxygen atoms in total. The summed E-state index contributed by atoms with van der Waals surface area (Å²) in [6, 6.07) is 4.85. The third kappa shape index (κ3) is 5.12. The second kappa shape index (κ2) is 10.3. The minimum atomic E-state index is -0.228. The molecule has 0 amide bonds. The number of nitrogens with one attached hydrogen (secondary N) is 2. The number of rotatable bonds is 5. The average Bonchev–Trinajstić information content (AvgIpc) is 3.33. The monoisotopic (exact) mass is 526 g/mol. The normalized spacial score (nSPS) is 17.2. The van der Waals surface area contributed by atoms with Gasteiger partial charge >= 0.3 is 0 Å². The van der Waals surface area contributed by atoms with E-state index in [1.54, 1.807) is 4.68 Å². The van der Waals surface area contributed by atoms with E-state index in [4.69, 9.17) is 9.73 Å². The zero-order chi connectivity index (χ0) is 20.2. The van der Waals surface area contributed by atoms with Gasteiger partial charge in [0.05, 0.1) is 19.3 Å². The Morgan fingerprint density at radius 2 is 2.30 bits per heavy atom. The molecule has 2 N–H and O–H groups in total. The van der Waals surface area contributed by atoms with E-state index in [-0.39, 0.29) is 35.9 Å². The Kier molecular flexibility index (Phi) is 7.70. The molecule has 3 aromatic rings. The first-order chi connectivity index (χ1) is 14.1. The molecule has 0 saturated carbocycles. The number of hydrogen-bond acceptors (Lipinski definition) is 3. The average molecular weight is 526 g/mol. The molecule has 1 aliphatic rings. The van der Waals surface area contributed by atoms with Gasteiger partial charge in [-0.15, -0.1) is 24.0 Å². The second-order valence-electron chi connectivity index (χ2n) is 7.24. The van der Waals surface area contributed by atoms with Gasteiger partial charge in [0, 0.05) is 55.5 Å². The molecule has 1 aromatic carbocycles. The minimum absolute atomic E-state index is 0. The smallest absolute Gasteiger partial charge is 0.194 e. The number of halogens is 2. The first kappa shape index (κ1) is 22.5. The Labute approximate surface area is 192 Å². The largest absolute Gasteiger partial charge is 0.370 e. The Balaban J connectivity index is 0.00000256. The summed E-state index contributed by atoms with van der Waals surface area (Å²) in [4.78, 5) is 10.2. The molecule has 0 spiro atoms. The maximum absolute atomic E-state index is 13.4. The van der Waals surface area contributed by atoms with Gasteiger partial charge in [-0.05, 0) is 37.1 Å². The predicted octanol–water partition coefficient (Wildman–Crippen LogP) is 3.24. The van der Waals surface area contributed by atoms with Crippen LogP contribution in [0.25, 0.3) is 10.9 Å². The topological polar surface area (TPSA) is 70.5 Å². The lowest BCUT2D eigenvalue weighted by atomic mass is 10.1. The summed E-state index contributed by atoms with van der Waals surface area (Å²) in [5, 5.41) is 8.70. The van der Waals surface area contributed by atoms with Gasteiger partial charge in [-0.25, -0.2) is 4.39 Å². The number of H-pyrrole nitrogens is 1. The lowest BCUT2D eigenvalue weighted by Crippen LogP contribution is -2.48. The number of aryl methyl sites for hydroxylation is 1. The molecule has 9 heteroatoms. The van der Waals surface area contributed by atoms with Gasteiger partial charge in [0.15, 0.2) is 5.96 Å². The third-order valence-electron chi connectivity index (χ3n) is 5.17. The van der Waals surface area contributed by atoms with Crippen LogP contribution >= 0.6 is 24.0 Å². The van der Waals surface area contributed by atoms with E-state index >= 15 is 0 Å². The fourth-order valence-electron chi connectivity index (χ4n) is 3.72. The van der Waals surface area contributed by atoms with Crippen molar-refractivity contribution in [3.63, 3.8) is 0 Å². The number of ether oxygens (including phenoxy) is 1. The van der Waals surface area contributed by atoms with E-state index < -0.39 is 0 Å². The summed E-state index contributed by atoms with van der Waals surface area (Å²) >= 11 is 0. The van der Waals surface area contributed by atoms with Gasteiger partial charge in [-0.3, -0.25) is 9.67 Å². The highest BCUT2D eigenvalue weighted by Gasteiger charge is 2.25. The second-order valence-corrected chi connectivity index (χ2v) is 7.24.